The number of aryl methyl sites for hydroxylation is 1. The number of aliphatic hydroxyl groups is 1. The molecule has 4 heteroatoms. The van der Waals surface area contributed by atoms with Gasteiger partial charge < -0.3 is 9.84 Å². The van der Waals surface area contributed by atoms with E-state index in [1.807, 2.05) is 55.6 Å². The lowest BCUT2D eigenvalue weighted by Crippen LogP contribution is -2.51. The molecule has 122 valence electrons. The Morgan fingerprint density at radius 2 is 2.17 bits per heavy atom. The summed E-state index contributed by atoms with van der Waals surface area (Å²) < 4.78 is 5.84. The third-order valence-electron chi connectivity index (χ3n) is 4.24. The van der Waals surface area contributed by atoms with Crippen LogP contribution in [0.1, 0.15) is 24.1 Å². The van der Waals surface area contributed by atoms with Gasteiger partial charge in [0.2, 0.25) is 0 Å². The molecule has 4 nitrogen and oxygen atoms in total. The second-order valence-corrected chi connectivity index (χ2v) is 6.46. The van der Waals surface area contributed by atoms with E-state index in [-0.39, 0.29) is 0 Å². The minimum Gasteiger partial charge on any atom is -0.491 e. The molecule has 0 aliphatic carbocycles. The molecule has 1 aliphatic heterocycles. The SMILES string of the molecule is Cc1cccc(OCC2(O)CCCN(Cc3ccccn3)C2)c1. The summed E-state index contributed by atoms with van der Waals surface area (Å²) in [6, 6.07) is 13.9. The molecule has 1 aliphatic rings. The van der Waals surface area contributed by atoms with Gasteiger partial charge in [-0.15, -0.1) is 0 Å². The van der Waals surface area contributed by atoms with Crippen molar-refractivity contribution in [2.45, 2.75) is 31.9 Å². The van der Waals surface area contributed by atoms with Gasteiger partial charge in [0.1, 0.15) is 18.0 Å². The van der Waals surface area contributed by atoms with Crippen LogP contribution in [0.15, 0.2) is 48.7 Å². The van der Waals surface area contributed by atoms with Crippen LogP contribution in [0.3, 0.4) is 0 Å². The zero-order chi connectivity index (χ0) is 16.1. The smallest absolute Gasteiger partial charge is 0.119 e. The predicted molar refractivity (Wildman–Crippen MR) is 90.4 cm³/mol. The van der Waals surface area contributed by atoms with Crippen molar-refractivity contribution in [3.05, 3.63) is 59.9 Å². The van der Waals surface area contributed by atoms with E-state index in [2.05, 4.69) is 9.88 Å². The number of nitrogens with zero attached hydrogens (tertiary/aromatic N) is 2. The number of ether oxygens (including phenoxy) is 1. The van der Waals surface area contributed by atoms with E-state index in [1.54, 1.807) is 0 Å². The second kappa shape index (κ2) is 7.11. The molecule has 1 atom stereocenters. The third-order valence-corrected chi connectivity index (χ3v) is 4.24. The van der Waals surface area contributed by atoms with Crippen molar-refractivity contribution in [2.75, 3.05) is 19.7 Å². The molecular weight excluding hydrogens is 288 g/mol. The zero-order valence-corrected chi connectivity index (χ0v) is 13.6. The molecule has 3 rings (SSSR count). The second-order valence-electron chi connectivity index (χ2n) is 6.46. The molecule has 0 amide bonds. The Labute approximate surface area is 137 Å². The van der Waals surface area contributed by atoms with Crippen LogP contribution in [0.4, 0.5) is 0 Å². The Morgan fingerprint density at radius 1 is 1.26 bits per heavy atom. The van der Waals surface area contributed by atoms with Gasteiger partial charge in [0.25, 0.3) is 0 Å². The molecule has 0 bridgehead atoms. The summed E-state index contributed by atoms with van der Waals surface area (Å²) in [5.74, 6) is 0.820. The van der Waals surface area contributed by atoms with E-state index >= 15 is 0 Å². The molecule has 0 spiro atoms. The zero-order valence-electron chi connectivity index (χ0n) is 13.6. The Balaban J connectivity index is 1.58. The number of β-amino-alcohol motifs (C(OH)–C–C–N with tert-alkyl or cyclic N) is 1. The first-order valence-electron chi connectivity index (χ1n) is 8.17. The Bertz CT molecular complexity index is 632. The van der Waals surface area contributed by atoms with Gasteiger partial charge >= 0.3 is 0 Å². The first kappa shape index (κ1) is 16.0. The van der Waals surface area contributed by atoms with Gasteiger partial charge in [-0.1, -0.05) is 18.2 Å². The highest BCUT2D eigenvalue weighted by atomic mass is 16.5. The van der Waals surface area contributed by atoms with Crippen LogP contribution in [0.5, 0.6) is 5.75 Å². The lowest BCUT2D eigenvalue weighted by atomic mass is 9.93. The molecule has 1 N–H and O–H groups in total. The first-order chi connectivity index (χ1) is 11.1. The van der Waals surface area contributed by atoms with Crippen LogP contribution < -0.4 is 4.74 Å². The van der Waals surface area contributed by atoms with E-state index < -0.39 is 5.60 Å². The summed E-state index contributed by atoms with van der Waals surface area (Å²) in [4.78, 5) is 6.62. The predicted octanol–water partition coefficient (Wildman–Crippen LogP) is 2.80. The number of pyridine rings is 1. The van der Waals surface area contributed by atoms with Crippen LogP contribution in [-0.2, 0) is 6.54 Å². The van der Waals surface area contributed by atoms with E-state index in [0.717, 1.165) is 42.9 Å². The quantitative estimate of drug-likeness (QED) is 0.922. The average Bonchev–Trinajstić information content (AvgIpc) is 2.54. The molecule has 23 heavy (non-hydrogen) atoms. The Hall–Kier alpha value is -1.91. The summed E-state index contributed by atoms with van der Waals surface area (Å²) in [7, 11) is 0. The first-order valence-corrected chi connectivity index (χ1v) is 8.17. The summed E-state index contributed by atoms with van der Waals surface area (Å²) in [6.45, 7) is 4.75. The van der Waals surface area contributed by atoms with Crippen LogP contribution >= 0.6 is 0 Å². The average molecular weight is 312 g/mol. The largest absolute Gasteiger partial charge is 0.491 e. The van der Waals surface area contributed by atoms with Gasteiger partial charge in [0, 0.05) is 19.3 Å². The molecule has 2 aromatic rings. The molecule has 1 unspecified atom stereocenters. The molecular formula is C19H24N2O2. The number of rotatable bonds is 5. The van der Waals surface area contributed by atoms with Crippen molar-refractivity contribution in [1.29, 1.82) is 0 Å². The van der Waals surface area contributed by atoms with Crippen molar-refractivity contribution in [2.24, 2.45) is 0 Å². The van der Waals surface area contributed by atoms with Crippen molar-refractivity contribution in [3.63, 3.8) is 0 Å². The summed E-state index contributed by atoms with van der Waals surface area (Å²) in [5.41, 5.74) is 1.41. The minimum atomic E-state index is -0.795. The third kappa shape index (κ3) is 4.53. The summed E-state index contributed by atoms with van der Waals surface area (Å²) >= 11 is 0. The van der Waals surface area contributed by atoms with Crippen molar-refractivity contribution in [1.82, 2.24) is 9.88 Å². The van der Waals surface area contributed by atoms with Crippen LogP contribution in [-0.4, -0.2) is 40.3 Å². The molecule has 1 saturated heterocycles. The summed E-state index contributed by atoms with van der Waals surface area (Å²) in [5, 5.41) is 10.9. The maximum atomic E-state index is 10.9. The Kier molecular flexibility index (Phi) is 4.94. The minimum absolute atomic E-state index is 0.329. The van der Waals surface area contributed by atoms with E-state index in [9.17, 15) is 5.11 Å². The maximum Gasteiger partial charge on any atom is 0.119 e. The number of hydrogen-bond acceptors (Lipinski definition) is 4. The fourth-order valence-corrected chi connectivity index (χ4v) is 3.10. The lowest BCUT2D eigenvalue weighted by Gasteiger charge is -2.38. The van der Waals surface area contributed by atoms with Crippen LogP contribution in [0, 0.1) is 6.92 Å². The molecule has 0 saturated carbocycles. The van der Waals surface area contributed by atoms with E-state index in [0.29, 0.717) is 13.2 Å². The Morgan fingerprint density at radius 3 is 2.96 bits per heavy atom. The van der Waals surface area contributed by atoms with Gasteiger partial charge in [-0.05, 0) is 56.1 Å². The standard InChI is InChI=1S/C19H24N2O2/c1-16-6-4-8-18(12-16)23-15-19(22)9-5-11-21(14-19)13-17-7-2-3-10-20-17/h2-4,6-8,10,12,22H,5,9,11,13-15H2,1H3. The highest BCUT2D eigenvalue weighted by molar-refractivity contribution is 5.27. The maximum absolute atomic E-state index is 10.9. The molecule has 0 radical (unpaired) electrons. The van der Waals surface area contributed by atoms with Crippen molar-refractivity contribution in [3.8, 4) is 5.75 Å². The van der Waals surface area contributed by atoms with Crippen LogP contribution in [0.2, 0.25) is 0 Å². The molecule has 1 aromatic carbocycles. The van der Waals surface area contributed by atoms with E-state index in [1.165, 1.54) is 0 Å². The van der Waals surface area contributed by atoms with Gasteiger partial charge in [-0.3, -0.25) is 9.88 Å². The highest BCUT2D eigenvalue weighted by Gasteiger charge is 2.34. The van der Waals surface area contributed by atoms with Crippen molar-refractivity contribution < 1.29 is 9.84 Å². The fraction of sp³-hybridized carbons (Fsp3) is 0.421. The van der Waals surface area contributed by atoms with Crippen molar-refractivity contribution >= 4 is 0 Å². The number of benzene rings is 1. The van der Waals surface area contributed by atoms with Gasteiger partial charge in [0.15, 0.2) is 0 Å². The topological polar surface area (TPSA) is 45.6 Å². The van der Waals surface area contributed by atoms with E-state index in [4.69, 9.17) is 4.74 Å². The summed E-state index contributed by atoms with van der Waals surface area (Å²) in [6.07, 6.45) is 3.56. The normalized spacial score (nSPS) is 22.0. The molecule has 2 heterocycles. The van der Waals surface area contributed by atoms with Gasteiger partial charge in [0.05, 0.1) is 5.69 Å². The number of piperidine rings is 1. The number of aromatic nitrogens is 1. The fourth-order valence-electron chi connectivity index (χ4n) is 3.10. The lowest BCUT2D eigenvalue weighted by molar-refractivity contribution is -0.0623. The van der Waals surface area contributed by atoms with Gasteiger partial charge in [-0.25, -0.2) is 0 Å². The monoisotopic (exact) mass is 312 g/mol. The number of hydrogen-bond donors (Lipinski definition) is 1. The molecule has 1 aromatic heterocycles. The van der Waals surface area contributed by atoms with Crippen LogP contribution in [0.25, 0.3) is 0 Å². The number of likely N-dealkylation sites (tertiary alicyclic amines) is 1. The highest BCUT2D eigenvalue weighted by Crippen LogP contribution is 2.24. The molecule has 1 fully saturated rings. The van der Waals surface area contributed by atoms with Gasteiger partial charge in [-0.2, -0.15) is 0 Å².